The zero-order chi connectivity index (χ0) is 25.6. The molecule has 2 unspecified atom stereocenters. The summed E-state index contributed by atoms with van der Waals surface area (Å²) in [6.07, 6.45) is 5.48. The minimum absolute atomic E-state index is 0.170. The number of hydrogen-bond donors (Lipinski definition) is 2. The average molecular weight is 481 g/mol. The average Bonchev–Trinajstić information content (AvgIpc) is 2.86. The Kier molecular flexibility index (Phi) is 12.0. The first-order valence-corrected chi connectivity index (χ1v) is 12.8. The van der Waals surface area contributed by atoms with E-state index in [0.717, 1.165) is 18.4 Å². The first-order valence-electron chi connectivity index (χ1n) is 12.8. The molecule has 0 saturated heterocycles. The molecule has 6 heteroatoms. The maximum atomic E-state index is 13.2. The molecule has 0 fully saturated rings. The highest BCUT2D eigenvalue weighted by Gasteiger charge is 2.30. The van der Waals surface area contributed by atoms with Gasteiger partial charge in [-0.05, 0) is 48.4 Å². The lowest BCUT2D eigenvalue weighted by Crippen LogP contribution is -2.54. The van der Waals surface area contributed by atoms with Gasteiger partial charge in [-0.2, -0.15) is 0 Å². The standard InChI is InChI=1S/C29H40N2O4/c1-5-7-9-12-22-15-17-24(18-16-22)27(32)31-26(21(3)4)28(33)30-25(29(34)35-19-6-2)20-23-13-10-8-11-14-23/h8,10-11,13-18,21,25-26H,5-7,9,12,19-20H2,1-4H3,(H,30,33)(H,31,32). The van der Waals surface area contributed by atoms with Gasteiger partial charge in [0, 0.05) is 12.0 Å². The van der Waals surface area contributed by atoms with Crippen molar-refractivity contribution >= 4 is 17.8 Å². The molecular weight excluding hydrogens is 440 g/mol. The van der Waals surface area contributed by atoms with E-state index in [2.05, 4.69) is 17.6 Å². The van der Waals surface area contributed by atoms with Gasteiger partial charge < -0.3 is 15.4 Å². The molecule has 0 bridgehead atoms. The number of benzene rings is 2. The van der Waals surface area contributed by atoms with E-state index in [-0.39, 0.29) is 11.8 Å². The highest BCUT2D eigenvalue weighted by atomic mass is 16.5. The molecular formula is C29H40N2O4. The molecule has 0 aromatic heterocycles. The van der Waals surface area contributed by atoms with Crippen LogP contribution in [-0.2, 0) is 27.2 Å². The Hall–Kier alpha value is -3.15. The Bertz CT molecular complexity index is 925. The van der Waals surface area contributed by atoms with Gasteiger partial charge in [0.2, 0.25) is 5.91 Å². The highest BCUT2D eigenvalue weighted by molar-refractivity contribution is 5.98. The molecule has 35 heavy (non-hydrogen) atoms. The van der Waals surface area contributed by atoms with E-state index in [9.17, 15) is 14.4 Å². The summed E-state index contributed by atoms with van der Waals surface area (Å²) in [7, 11) is 0. The Labute approximate surface area is 209 Å². The number of carbonyl (C=O) groups is 3. The van der Waals surface area contributed by atoms with Crippen LogP contribution in [0.15, 0.2) is 54.6 Å². The summed E-state index contributed by atoms with van der Waals surface area (Å²) in [5.41, 5.74) is 2.61. The van der Waals surface area contributed by atoms with E-state index >= 15 is 0 Å². The molecule has 0 spiro atoms. The van der Waals surface area contributed by atoms with Crippen molar-refractivity contribution < 1.29 is 19.1 Å². The van der Waals surface area contributed by atoms with Gasteiger partial charge in [0.15, 0.2) is 0 Å². The number of nitrogens with one attached hydrogen (secondary N) is 2. The number of hydrogen-bond acceptors (Lipinski definition) is 4. The van der Waals surface area contributed by atoms with Crippen LogP contribution >= 0.6 is 0 Å². The summed E-state index contributed by atoms with van der Waals surface area (Å²) < 4.78 is 5.32. The summed E-state index contributed by atoms with van der Waals surface area (Å²) in [6.45, 7) is 8.11. The van der Waals surface area contributed by atoms with Crippen molar-refractivity contribution in [2.45, 2.75) is 78.3 Å². The summed E-state index contributed by atoms with van der Waals surface area (Å²) in [6, 6.07) is 15.4. The monoisotopic (exact) mass is 480 g/mol. The predicted molar refractivity (Wildman–Crippen MR) is 139 cm³/mol. The third-order valence-electron chi connectivity index (χ3n) is 5.85. The van der Waals surface area contributed by atoms with Crippen molar-refractivity contribution in [2.75, 3.05) is 6.61 Å². The lowest BCUT2D eigenvalue weighted by atomic mass is 10.0. The van der Waals surface area contributed by atoms with Crippen molar-refractivity contribution in [2.24, 2.45) is 5.92 Å². The SMILES string of the molecule is CCCCCc1ccc(C(=O)NC(C(=O)NC(Cc2ccccc2)C(=O)OCCC)C(C)C)cc1. The van der Waals surface area contributed by atoms with Crippen LogP contribution in [0.5, 0.6) is 0 Å². The first-order chi connectivity index (χ1) is 16.8. The molecule has 0 heterocycles. The van der Waals surface area contributed by atoms with E-state index < -0.39 is 24.0 Å². The lowest BCUT2D eigenvalue weighted by molar-refractivity contribution is -0.148. The number of aryl methyl sites for hydroxylation is 1. The Morgan fingerprint density at radius 3 is 2.11 bits per heavy atom. The molecule has 2 atom stereocenters. The number of ether oxygens (including phenoxy) is 1. The van der Waals surface area contributed by atoms with Crippen LogP contribution in [0, 0.1) is 5.92 Å². The van der Waals surface area contributed by atoms with Crippen LogP contribution in [0.1, 0.15) is 74.9 Å². The molecule has 0 aliphatic rings. The third-order valence-corrected chi connectivity index (χ3v) is 5.85. The molecule has 0 aliphatic carbocycles. The zero-order valence-corrected chi connectivity index (χ0v) is 21.5. The van der Waals surface area contributed by atoms with Gasteiger partial charge >= 0.3 is 5.97 Å². The van der Waals surface area contributed by atoms with Gasteiger partial charge in [0.1, 0.15) is 12.1 Å². The van der Waals surface area contributed by atoms with Crippen LogP contribution in [0.4, 0.5) is 0 Å². The van der Waals surface area contributed by atoms with Gasteiger partial charge in [-0.25, -0.2) is 4.79 Å². The van der Waals surface area contributed by atoms with Gasteiger partial charge in [0.05, 0.1) is 6.61 Å². The molecule has 0 saturated carbocycles. The summed E-state index contributed by atoms with van der Waals surface area (Å²) in [4.78, 5) is 38.8. The van der Waals surface area contributed by atoms with Gasteiger partial charge in [-0.1, -0.05) is 83.0 Å². The third kappa shape index (κ3) is 9.55. The molecule has 0 aliphatic heterocycles. The van der Waals surface area contributed by atoms with Crippen molar-refractivity contribution in [3.63, 3.8) is 0 Å². The van der Waals surface area contributed by atoms with Gasteiger partial charge in [-0.15, -0.1) is 0 Å². The van der Waals surface area contributed by atoms with E-state index in [4.69, 9.17) is 4.74 Å². The summed E-state index contributed by atoms with van der Waals surface area (Å²) in [5.74, 6) is -1.36. The van der Waals surface area contributed by atoms with Crippen LogP contribution in [0.3, 0.4) is 0 Å². The Morgan fingerprint density at radius 2 is 1.51 bits per heavy atom. The van der Waals surface area contributed by atoms with Crippen LogP contribution < -0.4 is 10.6 Å². The topological polar surface area (TPSA) is 84.5 Å². The normalized spacial score (nSPS) is 12.6. The fourth-order valence-corrected chi connectivity index (χ4v) is 3.77. The second kappa shape index (κ2) is 15.0. The second-order valence-electron chi connectivity index (χ2n) is 9.27. The van der Waals surface area contributed by atoms with Gasteiger partial charge in [0.25, 0.3) is 5.91 Å². The predicted octanol–water partition coefficient (Wildman–Crippen LogP) is 4.85. The smallest absolute Gasteiger partial charge is 0.328 e. The molecule has 2 rings (SSSR count). The van der Waals surface area contributed by atoms with Gasteiger partial charge in [-0.3, -0.25) is 9.59 Å². The second-order valence-corrected chi connectivity index (χ2v) is 9.27. The van der Waals surface area contributed by atoms with Crippen LogP contribution in [-0.4, -0.2) is 36.5 Å². The maximum absolute atomic E-state index is 13.2. The molecule has 2 N–H and O–H groups in total. The van der Waals surface area contributed by atoms with Crippen LogP contribution in [0.2, 0.25) is 0 Å². The van der Waals surface area contributed by atoms with E-state index in [1.54, 1.807) is 12.1 Å². The summed E-state index contributed by atoms with van der Waals surface area (Å²) >= 11 is 0. The zero-order valence-electron chi connectivity index (χ0n) is 21.5. The fraction of sp³-hybridized carbons (Fsp3) is 0.483. The van der Waals surface area contributed by atoms with Crippen molar-refractivity contribution in [1.29, 1.82) is 0 Å². The van der Waals surface area contributed by atoms with Crippen molar-refractivity contribution in [3.05, 3.63) is 71.3 Å². The summed E-state index contributed by atoms with van der Waals surface area (Å²) in [5, 5.41) is 5.67. The minimum Gasteiger partial charge on any atom is -0.464 e. The molecule has 6 nitrogen and oxygen atoms in total. The molecule has 2 aromatic carbocycles. The maximum Gasteiger partial charge on any atom is 0.328 e. The lowest BCUT2D eigenvalue weighted by Gasteiger charge is -2.25. The van der Waals surface area contributed by atoms with E-state index in [1.165, 1.54) is 18.4 Å². The molecule has 2 aromatic rings. The van der Waals surface area contributed by atoms with Crippen molar-refractivity contribution in [1.82, 2.24) is 10.6 Å². The van der Waals surface area contributed by atoms with Crippen molar-refractivity contribution in [3.8, 4) is 0 Å². The van der Waals surface area contributed by atoms with E-state index in [1.807, 2.05) is 63.2 Å². The number of unbranched alkanes of at least 4 members (excludes halogenated alkanes) is 2. The first kappa shape index (κ1) is 28.1. The molecule has 190 valence electrons. The van der Waals surface area contributed by atoms with E-state index in [0.29, 0.717) is 25.0 Å². The number of amides is 2. The number of rotatable bonds is 14. The Morgan fingerprint density at radius 1 is 0.829 bits per heavy atom. The Balaban J connectivity index is 2.08. The quantitative estimate of drug-likeness (QED) is 0.299. The largest absolute Gasteiger partial charge is 0.464 e. The minimum atomic E-state index is -0.836. The highest BCUT2D eigenvalue weighted by Crippen LogP contribution is 2.12. The van der Waals surface area contributed by atoms with Crippen LogP contribution in [0.25, 0.3) is 0 Å². The molecule has 2 amide bonds. The number of carbonyl (C=O) groups excluding carboxylic acids is 3. The fourth-order valence-electron chi connectivity index (χ4n) is 3.77. The number of esters is 1. The molecule has 0 radical (unpaired) electrons.